The second-order valence-corrected chi connectivity index (χ2v) is 8.30. The summed E-state index contributed by atoms with van der Waals surface area (Å²) in [6, 6.07) is 1.97. The summed E-state index contributed by atoms with van der Waals surface area (Å²) in [7, 11) is 0. The van der Waals surface area contributed by atoms with Gasteiger partial charge in [-0.05, 0) is 34.2 Å². The number of aromatic nitrogens is 2. The molecule has 1 aliphatic rings. The molecule has 0 saturated heterocycles. The Labute approximate surface area is 137 Å². The highest BCUT2D eigenvalue weighted by atomic mass is 79.9. The second kappa shape index (κ2) is 7.08. The Morgan fingerprint density at radius 2 is 1.86 bits per heavy atom. The van der Waals surface area contributed by atoms with Crippen molar-refractivity contribution >= 4 is 21.7 Å². The normalized spacial score (nSPS) is 23.1. The Morgan fingerprint density at radius 3 is 2.48 bits per heavy atom. The van der Waals surface area contributed by atoms with Gasteiger partial charge in [-0.3, -0.25) is 0 Å². The van der Waals surface area contributed by atoms with E-state index in [0.717, 1.165) is 34.6 Å². The molecule has 0 radical (unpaired) electrons. The van der Waals surface area contributed by atoms with Crippen molar-refractivity contribution < 1.29 is 0 Å². The van der Waals surface area contributed by atoms with Gasteiger partial charge in [0, 0.05) is 18.0 Å². The van der Waals surface area contributed by atoms with Crippen LogP contribution >= 0.6 is 15.9 Å². The van der Waals surface area contributed by atoms with Crippen LogP contribution in [0.25, 0.3) is 0 Å². The van der Waals surface area contributed by atoms with Gasteiger partial charge < -0.3 is 5.32 Å². The Balaban J connectivity index is 1.87. The van der Waals surface area contributed by atoms with E-state index in [1.165, 1.54) is 32.1 Å². The van der Waals surface area contributed by atoms with Gasteiger partial charge in [-0.15, -0.1) is 0 Å². The van der Waals surface area contributed by atoms with Crippen LogP contribution in [0.5, 0.6) is 0 Å². The Kier molecular flexibility index (Phi) is 5.64. The summed E-state index contributed by atoms with van der Waals surface area (Å²) in [6.07, 6.45) is 6.84. The minimum Gasteiger partial charge on any atom is -0.370 e. The molecule has 4 heteroatoms. The molecule has 1 N–H and O–H groups in total. The van der Waals surface area contributed by atoms with Crippen molar-refractivity contribution in [3.8, 4) is 0 Å². The molecule has 118 valence electrons. The van der Waals surface area contributed by atoms with Crippen LogP contribution in [0.15, 0.2) is 10.7 Å². The summed E-state index contributed by atoms with van der Waals surface area (Å²) >= 11 is 3.49. The van der Waals surface area contributed by atoms with E-state index >= 15 is 0 Å². The fourth-order valence-corrected chi connectivity index (χ4v) is 3.25. The van der Waals surface area contributed by atoms with Crippen LogP contribution in [0.3, 0.4) is 0 Å². The van der Waals surface area contributed by atoms with Gasteiger partial charge in [-0.25, -0.2) is 9.97 Å². The summed E-state index contributed by atoms with van der Waals surface area (Å²) in [5.74, 6) is 3.64. The first kappa shape index (κ1) is 16.7. The van der Waals surface area contributed by atoms with Crippen molar-refractivity contribution in [2.24, 2.45) is 11.8 Å². The average molecular weight is 354 g/mol. The molecule has 0 spiro atoms. The molecular weight excluding hydrogens is 326 g/mol. The number of hydrogen-bond donors (Lipinski definition) is 1. The molecular formula is C17H28BrN3. The van der Waals surface area contributed by atoms with Crippen LogP contribution in [-0.4, -0.2) is 16.5 Å². The van der Waals surface area contributed by atoms with E-state index < -0.39 is 0 Å². The maximum absolute atomic E-state index is 4.65. The third-order valence-corrected chi connectivity index (χ3v) is 4.77. The van der Waals surface area contributed by atoms with E-state index in [2.05, 4.69) is 58.9 Å². The predicted octanol–water partition coefficient (Wildman–Crippen LogP) is 5.16. The lowest BCUT2D eigenvalue weighted by molar-refractivity contribution is 0.282. The topological polar surface area (TPSA) is 37.8 Å². The van der Waals surface area contributed by atoms with Crippen molar-refractivity contribution in [2.45, 2.75) is 65.2 Å². The smallest absolute Gasteiger partial charge is 0.137 e. The molecule has 0 atom stereocenters. The summed E-state index contributed by atoms with van der Waals surface area (Å²) in [6.45, 7) is 9.80. The van der Waals surface area contributed by atoms with E-state index in [1.807, 2.05) is 6.07 Å². The first-order valence-corrected chi connectivity index (χ1v) is 8.93. The summed E-state index contributed by atoms with van der Waals surface area (Å²) in [4.78, 5) is 9.12. The van der Waals surface area contributed by atoms with Crippen LogP contribution in [0.1, 0.15) is 65.6 Å². The molecule has 0 bridgehead atoms. The van der Waals surface area contributed by atoms with Crippen molar-refractivity contribution in [1.29, 1.82) is 0 Å². The van der Waals surface area contributed by atoms with Gasteiger partial charge in [0.2, 0.25) is 0 Å². The molecule has 0 aromatic carbocycles. The predicted molar refractivity (Wildman–Crippen MR) is 92.7 cm³/mol. The van der Waals surface area contributed by atoms with Crippen molar-refractivity contribution in [3.05, 3.63) is 16.5 Å². The highest BCUT2D eigenvalue weighted by Gasteiger charge is 2.20. The number of nitrogens with zero attached hydrogens (tertiary/aromatic N) is 2. The van der Waals surface area contributed by atoms with E-state index in [9.17, 15) is 0 Å². The van der Waals surface area contributed by atoms with Crippen molar-refractivity contribution in [1.82, 2.24) is 9.97 Å². The number of halogens is 1. The zero-order valence-electron chi connectivity index (χ0n) is 13.7. The molecule has 1 aliphatic carbocycles. The Hall–Kier alpha value is -0.640. The first-order valence-electron chi connectivity index (χ1n) is 8.13. The molecule has 3 nitrogen and oxygen atoms in total. The largest absolute Gasteiger partial charge is 0.370 e. The number of nitrogens with one attached hydrogen (secondary N) is 1. The summed E-state index contributed by atoms with van der Waals surface area (Å²) in [5, 5.41) is 3.48. The Bertz CT molecular complexity index is 460. The molecule has 2 rings (SSSR count). The molecule has 1 saturated carbocycles. The lowest BCUT2D eigenvalue weighted by Gasteiger charge is -2.26. The average Bonchev–Trinajstić information content (AvgIpc) is 2.39. The molecule has 1 aromatic heterocycles. The number of anilines is 1. The van der Waals surface area contributed by atoms with E-state index in [-0.39, 0.29) is 5.41 Å². The molecule has 1 aromatic rings. The van der Waals surface area contributed by atoms with Crippen LogP contribution in [0.4, 0.5) is 5.82 Å². The second-order valence-electron chi connectivity index (χ2n) is 7.49. The van der Waals surface area contributed by atoms with Gasteiger partial charge in [0.25, 0.3) is 0 Å². The fraction of sp³-hybridized carbons (Fsp3) is 0.765. The van der Waals surface area contributed by atoms with Crippen LogP contribution in [0.2, 0.25) is 0 Å². The summed E-state index contributed by atoms with van der Waals surface area (Å²) < 4.78 is 0.858. The lowest BCUT2D eigenvalue weighted by Crippen LogP contribution is -2.19. The minimum atomic E-state index is -0.0281. The molecule has 0 unspecified atom stereocenters. The highest BCUT2D eigenvalue weighted by Crippen LogP contribution is 2.30. The molecule has 1 fully saturated rings. The highest BCUT2D eigenvalue weighted by molar-refractivity contribution is 9.10. The van der Waals surface area contributed by atoms with Gasteiger partial charge in [-0.2, -0.15) is 0 Å². The SMILES string of the molecule is CC1CCC(CCNc2cc(Br)nc(C(C)(C)C)n2)CC1. The van der Waals surface area contributed by atoms with Crippen molar-refractivity contribution in [3.63, 3.8) is 0 Å². The summed E-state index contributed by atoms with van der Waals surface area (Å²) in [5.41, 5.74) is -0.0281. The first-order chi connectivity index (χ1) is 9.84. The van der Waals surface area contributed by atoms with E-state index in [1.54, 1.807) is 0 Å². The molecule has 0 aliphatic heterocycles. The lowest BCUT2D eigenvalue weighted by atomic mass is 9.81. The van der Waals surface area contributed by atoms with Crippen LogP contribution in [-0.2, 0) is 5.41 Å². The van der Waals surface area contributed by atoms with E-state index in [4.69, 9.17) is 0 Å². The molecule has 0 amide bonds. The standard InChI is InChI=1S/C17H28BrN3/c1-12-5-7-13(8-6-12)9-10-19-15-11-14(18)20-16(21-15)17(2,3)4/h11-13H,5-10H2,1-4H3,(H,19,20,21). The fourth-order valence-electron chi connectivity index (χ4n) is 2.87. The zero-order valence-corrected chi connectivity index (χ0v) is 15.3. The number of hydrogen-bond acceptors (Lipinski definition) is 3. The van der Waals surface area contributed by atoms with Gasteiger partial charge in [0.15, 0.2) is 0 Å². The quantitative estimate of drug-likeness (QED) is 0.759. The maximum atomic E-state index is 4.65. The minimum absolute atomic E-state index is 0.0281. The Morgan fingerprint density at radius 1 is 1.19 bits per heavy atom. The van der Waals surface area contributed by atoms with Gasteiger partial charge in [0.05, 0.1) is 0 Å². The van der Waals surface area contributed by atoms with Crippen LogP contribution < -0.4 is 5.32 Å². The molecule has 1 heterocycles. The van der Waals surface area contributed by atoms with Crippen molar-refractivity contribution in [2.75, 3.05) is 11.9 Å². The maximum Gasteiger partial charge on any atom is 0.137 e. The molecule has 21 heavy (non-hydrogen) atoms. The zero-order chi connectivity index (χ0) is 15.5. The third kappa shape index (κ3) is 5.24. The van der Waals surface area contributed by atoms with Gasteiger partial charge >= 0.3 is 0 Å². The van der Waals surface area contributed by atoms with Crippen LogP contribution in [0, 0.1) is 11.8 Å². The number of rotatable bonds is 4. The van der Waals surface area contributed by atoms with Gasteiger partial charge in [0.1, 0.15) is 16.2 Å². The monoisotopic (exact) mass is 353 g/mol. The third-order valence-electron chi connectivity index (χ3n) is 4.36. The van der Waals surface area contributed by atoms with E-state index in [0.29, 0.717) is 0 Å². The van der Waals surface area contributed by atoms with Gasteiger partial charge in [-0.1, -0.05) is 53.4 Å².